The van der Waals surface area contributed by atoms with E-state index in [1.54, 1.807) is 29.9 Å². The highest BCUT2D eigenvalue weighted by Gasteiger charge is 2.33. The van der Waals surface area contributed by atoms with Crippen LogP contribution in [-0.2, 0) is 12.8 Å². The molecule has 0 radical (unpaired) electrons. The van der Waals surface area contributed by atoms with E-state index in [0.29, 0.717) is 12.5 Å². The molecular weight excluding hydrogens is 298 g/mol. The van der Waals surface area contributed by atoms with E-state index in [1.807, 2.05) is 0 Å². The third-order valence-electron chi connectivity index (χ3n) is 3.80. The van der Waals surface area contributed by atoms with Gasteiger partial charge in [0.15, 0.2) is 0 Å². The average molecular weight is 319 g/mol. The Balaban J connectivity index is 1.64. The topological polar surface area (TPSA) is 75.0 Å². The molecule has 22 heavy (non-hydrogen) atoms. The van der Waals surface area contributed by atoms with E-state index in [4.69, 9.17) is 0 Å². The number of aromatic nitrogens is 4. The van der Waals surface area contributed by atoms with Gasteiger partial charge in [-0.15, -0.1) is 10.2 Å². The Bertz CT molecular complexity index is 603. The van der Waals surface area contributed by atoms with Gasteiger partial charge in [-0.2, -0.15) is 0 Å². The fourth-order valence-corrected chi connectivity index (χ4v) is 3.79. The molecule has 0 unspecified atom stereocenters. The first-order valence-electron chi connectivity index (χ1n) is 7.62. The van der Waals surface area contributed by atoms with Crippen LogP contribution in [0.3, 0.4) is 0 Å². The molecule has 3 heterocycles. The molecule has 0 spiro atoms. The number of hydrogen-bond acceptors (Lipinski definition) is 7. The van der Waals surface area contributed by atoms with E-state index in [-0.39, 0.29) is 12.0 Å². The van der Waals surface area contributed by atoms with Crippen molar-refractivity contribution in [3.05, 3.63) is 29.3 Å². The summed E-state index contributed by atoms with van der Waals surface area (Å²) in [4.78, 5) is 10.5. The molecule has 0 bridgehead atoms. The average Bonchev–Trinajstić information content (AvgIpc) is 3.07. The summed E-state index contributed by atoms with van der Waals surface area (Å²) in [5.41, 5.74) is 0.922. The number of anilines is 1. The van der Waals surface area contributed by atoms with E-state index in [0.717, 1.165) is 35.2 Å². The summed E-state index contributed by atoms with van der Waals surface area (Å²) in [5, 5.41) is 20.8. The van der Waals surface area contributed by atoms with E-state index in [1.165, 1.54) is 0 Å². The van der Waals surface area contributed by atoms with Crippen LogP contribution in [0.1, 0.15) is 24.5 Å². The molecule has 0 saturated carbocycles. The Morgan fingerprint density at radius 3 is 2.91 bits per heavy atom. The molecule has 1 aliphatic rings. The van der Waals surface area contributed by atoms with Gasteiger partial charge in [0, 0.05) is 44.0 Å². The number of aliphatic hydroxyl groups excluding tert-OH is 1. The molecule has 1 fully saturated rings. The molecule has 2 atom stereocenters. The van der Waals surface area contributed by atoms with Crippen LogP contribution in [0.5, 0.6) is 0 Å². The minimum Gasteiger partial charge on any atom is -0.391 e. The normalized spacial score (nSPS) is 21.7. The first-order chi connectivity index (χ1) is 10.6. The zero-order valence-electron chi connectivity index (χ0n) is 12.9. The van der Waals surface area contributed by atoms with Crippen LogP contribution in [0.4, 0.5) is 5.13 Å². The summed E-state index contributed by atoms with van der Waals surface area (Å²) in [7, 11) is 0. The number of hydrogen-bond donors (Lipinski definition) is 1. The van der Waals surface area contributed by atoms with E-state index >= 15 is 0 Å². The minimum absolute atomic E-state index is 0.161. The second-order valence-corrected chi connectivity index (χ2v) is 7.25. The molecule has 2 aromatic heterocycles. The second kappa shape index (κ2) is 6.66. The van der Waals surface area contributed by atoms with Crippen molar-refractivity contribution in [3.8, 4) is 0 Å². The third-order valence-corrected chi connectivity index (χ3v) is 4.81. The Morgan fingerprint density at radius 2 is 2.18 bits per heavy atom. The Labute approximate surface area is 134 Å². The zero-order chi connectivity index (χ0) is 15.5. The number of nitrogens with zero attached hydrogens (tertiary/aromatic N) is 5. The highest BCUT2D eigenvalue weighted by Crippen LogP contribution is 2.29. The SMILES string of the molecule is CC(C)Cc1nnc(N2C[C@@H](Cc3cnccn3)[C@H](O)C2)s1. The van der Waals surface area contributed by atoms with Crippen molar-refractivity contribution in [3.63, 3.8) is 0 Å². The molecule has 6 nitrogen and oxygen atoms in total. The summed E-state index contributed by atoms with van der Waals surface area (Å²) in [5.74, 6) is 0.739. The van der Waals surface area contributed by atoms with Gasteiger partial charge in [-0.1, -0.05) is 25.2 Å². The molecule has 7 heteroatoms. The molecule has 1 saturated heterocycles. The predicted molar refractivity (Wildman–Crippen MR) is 85.9 cm³/mol. The summed E-state index contributed by atoms with van der Waals surface area (Å²) >= 11 is 1.63. The van der Waals surface area contributed by atoms with Gasteiger partial charge in [-0.05, 0) is 12.3 Å². The molecule has 0 aromatic carbocycles. The van der Waals surface area contributed by atoms with E-state index < -0.39 is 0 Å². The Kier molecular flexibility index (Phi) is 4.63. The van der Waals surface area contributed by atoms with Crippen molar-refractivity contribution >= 4 is 16.5 Å². The van der Waals surface area contributed by atoms with Crippen LogP contribution >= 0.6 is 11.3 Å². The third kappa shape index (κ3) is 3.59. The summed E-state index contributed by atoms with van der Waals surface area (Å²) in [6, 6.07) is 0. The Hall–Kier alpha value is -1.60. The molecule has 0 amide bonds. The lowest BCUT2D eigenvalue weighted by Gasteiger charge is -2.13. The van der Waals surface area contributed by atoms with Crippen LogP contribution in [0.15, 0.2) is 18.6 Å². The predicted octanol–water partition coefficient (Wildman–Crippen LogP) is 1.57. The fraction of sp³-hybridized carbons (Fsp3) is 0.600. The largest absolute Gasteiger partial charge is 0.391 e. The van der Waals surface area contributed by atoms with Crippen molar-refractivity contribution < 1.29 is 5.11 Å². The molecule has 1 N–H and O–H groups in total. The molecule has 118 valence electrons. The zero-order valence-corrected chi connectivity index (χ0v) is 13.7. The van der Waals surface area contributed by atoms with E-state index in [2.05, 4.69) is 38.9 Å². The summed E-state index contributed by atoms with van der Waals surface area (Å²) in [6.07, 6.45) is 6.45. The lowest BCUT2D eigenvalue weighted by molar-refractivity contribution is 0.147. The number of rotatable bonds is 5. The minimum atomic E-state index is -0.362. The van der Waals surface area contributed by atoms with Crippen molar-refractivity contribution in [2.24, 2.45) is 11.8 Å². The standard InChI is InChI=1S/C15H21N5OS/c1-10(2)5-14-18-19-15(22-14)20-8-11(13(21)9-20)6-12-7-16-3-4-17-12/h3-4,7,10-11,13,21H,5-6,8-9H2,1-2H3/t11-,13-/m1/s1. The van der Waals surface area contributed by atoms with Gasteiger partial charge in [0.05, 0.1) is 11.8 Å². The van der Waals surface area contributed by atoms with E-state index in [9.17, 15) is 5.11 Å². The second-order valence-electron chi connectivity index (χ2n) is 6.21. The van der Waals surface area contributed by atoms with Crippen LogP contribution in [-0.4, -0.2) is 44.5 Å². The number of aliphatic hydroxyl groups is 1. The first-order valence-corrected chi connectivity index (χ1v) is 8.43. The maximum atomic E-state index is 10.3. The number of β-amino-alcohol motifs (C(OH)–C–C–N with tert-alkyl or cyclic N) is 1. The summed E-state index contributed by atoms with van der Waals surface area (Å²) in [6.45, 7) is 5.75. The van der Waals surface area contributed by atoms with Gasteiger partial charge in [-0.25, -0.2) is 0 Å². The van der Waals surface area contributed by atoms with Gasteiger partial charge in [0.25, 0.3) is 0 Å². The monoisotopic (exact) mass is 319 g/mol. The molecule has 0 aliphatic carbocycles. The van der Waals surface area contributed by atoms with Crippen LogP contribution in [0.25, 0.3) is 0 Å². The van der Waals surface area contributed by atoms with Crippen molar-refractivity contribution in [1.82, 2.24) is 20.2 Å². The van der Waals surface area contributed by atoms with Gasteiger partial charge in [0.1, 0.15) is 5.01 Å². The van der Waals surface area contributed by atoms with Crippen LogP contribution < -0.4 is 4.90 Å². The molecule has 3 rings (SSSR count). The van der Waals surface area contributed by atoms with Crippen LogP contribution in [0, 0.1) is 11.8 Å². The molecule has 2 aromatic rings. The quantitative estimate of drug-likeness (QED) is 0.901. The van der Waals surface area contributed by atoms with Gasteiger partial charge in [0.2, 0.25) is 5.13 Å². The van der Waals surface area contributed by atoms with Crippen molar-refractivity contribution in [2.75, 3.05) is 18.0 Å². The highest BCUT2D eigenvalue weighted by atomic mass is 32.1. The maximum absolute atomic E-state index is 10.3. The van der Waals surface area contributed by atoms with Crippen molar-refractivity contribution in [2.45, 2.75) is 32.8 Å². The smallest absolute Gasteiger partial charge is 0.208 e. The van der Waals surface area contributed by atoms with Crippen LogP contribution in [0.2, 0.25) is 0 Å². The fourth-order valence-electron chi connectivity index (χ4n) is 2.72. The lowest BCUT2D eigenvalue weighted by Crippen LogP contribution is -2.20. The highest BCUT2D eigenvalue weighted by molar-refractivity contribution is 7.15. The maximum Gasteiger partial charge on any atom is 0.208 e. The van der Waals surface area contributed by atoms with Gasteiger partial charge < -0.3 is 10.0 Å². The molecule has 1 aliphatic heterocycles. The first kappa shape index (κ1) is 15.3. The Morgan fingerprint density at radius 1 is 1.32 bits per heavy atom. The van der Waals surface area contributed by atoms with Gasteiger partial charge >= 0.3 is 0 Å². The molecular formula is C15H21N5OS. The van der Waals surface area contributed by atoms with Gasteiger partial charge in [-0.3, -0.25) is 9.97 Å². The summed E-state index contributed by atoms with van der Waals surface area (Å²) < 4.78 is 0. The lowest BCUT2D eigenvalue weighted by atomic mass is 10.0. The van der Waals surface area contributed by atoms with Crippen molar-refractivity contribution in [1.29, 1.82) is 0 Å².